The van der Waals surface area contributed by atoms with E-state index in [2.05, 4.69) is 10.2 Å². The number of hydrogen-bond donors (Lipinski definition) is 1. The van der Waals surface area contributed by atoms with Gasteiger partial charge in [-0.2, -0.15) is 0 Å². The van der Waals surface area contributed by atoms with Crippen LogP contribution in [0.4, 0.5) is 5.00 Å². The molecule has 0 saturated carbocycles. The van der Waals surface area contributed by atoms with Crippen molar-refractivity contribution in [2.24, 2.45) is 5.92 Å². The lowest BCUT2D eigenvalue weighted by molar-refractivity contribution is -0.134. The van der Waals surface area contributed by atoms with Crippen LogP contribution in [0, 0.1) is 12.8 Å². The highest BCUT2D eigenvalue weighted by Gasteiger charge is 2.29. The van der Waals surface area contributed by atoms with Crippen LogP contribution in [-0.4, -0.2) is 61.1 Å². The first-order chi connectivity index (χ1) is 15.8. The molecule has 1 aromatic heterocycles. The summed E-state index contributed by atoms with van der Waals surface area (Å²) in [4.78, 5) is 43.6. The van der Waals surface area contributed by atoms with E-state index in [0.29, 0.717) is 16.1 Å². The van der Waals surface area contributed by atoms with E-state index in [0.717, 1.165) is 62.7 Å². The molecule has 176 valence electrons. The number of rotatable bonds is 6. The topological polar surface area (TPSA) is 69.7 Å². The number of carbonyl (C=O) groups is 3. The van der Waals surface area contributed by atoms with E-state index < -0.39 is 0 Å². The zero-order valence-electron chi connectivity index (χ0n) is 19.8. The summed E-state index contributed by atoms with van der Waals surface area (Å²) in [5.41, 5.74) is 3.58. The van der Waals surface area contributed by atoms with Crippen molar-refractivity contribution in [3.63, 3.8) is 0 Å². The number of anilines is 1. The predicted molar refractivity (Wildman–Crippen MR) is 132 cm³/mol. The van der Waals surface area contributed by atoms with Crippen LogP contribution in [0.15, 0.2) is 24.3 Å². The third-order valence-corrected chi connectivity index (χ3v) is 7.92. The molecule has 0 unspecified atom stereocenters. The van der Waals surface area contributed by atoms with Crippen molar-refractivity contribution in [1.29, 1.82) is 0 Å². The molecule has 0 radical (unpaired) electrons. The SMILES string of the molecule is Cc1ccc(C(=O)c2c(NC(=O)CN3CCC(C(=O)N(C)C)CC3)sc3c2CCCC3)cc1. The third kappa shape index (κ3) is 5.36. The molecular weight excluding hydrogens is 434 g/mol. The summed E-state index contributed by atoms with van der Waals surface area (Å²) in [5.74, 6) is 0.112. The highest BCUT2D eigenvalue weighted by molar-refractivity contribution is 7.17. The van der Waals surface area contributed by atoms with Gasteiger partial charge >= 0.3 is 0 Å². The van der Waals surface area contributed by atoms with Crippen LogP contribution in [0.25, 0.3) is 0 Å². The molecule has 2 aromatic rings. The van der Waals surface area contributed by atoms with E-state index in [1.54, 1.807) is 30.3 Å². The quantitative estimate of drug-likeness (QED) is 0.654. The Morgan fingerprint density at radius 3 is 2.39 bits per heavy atom. The van der Waals surface area contributed by atoms with Crippen LogP contribution in [0.5, 0.6) is 0 Å². The van der Waals surface area contributed by atoms with E-state index in [1.807, 2.05) is 31.2 Å². The lowest BCUT2D eigenvalue weighted by Crippen LogP contribution is -2.43. The Hall–Kier alpha value is -2.51. The van der Waals surface area contributed by atoms with Crippen molar-refractivity contribution < 1.29 is 14.4 Å². The maximum Gasteiger partial charge on any atom is 0.239 e. The molecule has 0 spiro atoms. The van der Waals surface area contributed by atoms with Gasteiger partial charge in [0, 0.05) is 30.5 Å². The van der Waals surface area contributed by atoms with E-state index in [-0.39, 0.29) is 30.1 Å². The second-order valence-electron chi connectivity index (χ2n) is 9.44. The van der Waals surface area contributed by atoms with Crippen LogP contribution >= 0.6 is 11.3 Å². The Morgan fingerprint density at radius 1 is 1.06 bits per heavy atom. The first-order valence-corrected chi connectivity index (χ1v) is 12.6. The fourth-order valence-electron chi connectivity index (χ4n) is 4.82. The Labute approximate surface area is 200 Å². The highest BCUT2D eigenvalue weighted by atomic mass is 32.1. The molecule has 6 nitrogen and oxygen atoms in total. The van der Waals surface area contributed by atoms with Gasteiger partial charge in [-0.1, -0.05) is 29.8 Å². The number of carbonyl (C=O) groups excluding carboxylic acids is 3. The van der Waals surface area contributed by atoms with Gasteiger partial charge in [-0.3, -0.25) is 19.3 Å². The van der Waals surface area contributed by atoms with E-state index in [9.17, 15) is 14.4 Å². The maximum atomic E-state index is 13.4. The van der Waals surface area contributed by atoms with Gasteiger partial charge in [0.1, 0.15) is 5.00 Å². The van der Waals surface area contributed by atoms with Crippen molar-refractivity contribution in [3.8, 4) is 0 Å². The van der Waals surface area contributed by atoms with Crippen LogP contribution < -0.4 is 5.32 Å². The molecule has 7 heteroatoms. The number of hydrogen-bond acceptors (Lipinski definition) is 5. The Kier molecular flexibility index (Phi) is 7.29. The summed E-state index contributed by atoms with van der Waals surface area (Å²) in [6, 6.07) is 7.65. The number of nitrogens with zero attached hydrogens (tertiary/aromatic N) is 2. The summed E-state index contributed by atoms with van der Waals surface area (Å²) in [7, 11) is 3.58. The van der Waals surface area contributed by atoms with Gasteiger partial charge in [0.15, 0.2) is 5.78 Å². The smallest absolute Gasteiger partial charge is 0.239 e. The second kappa shape index (κ2) is 10.2. The Morgan fingerprint density at radius 2 is 1.73 bits per heavy atom. The van der Waals surface area contributed by atoms with Crippen LogP contribution in [0.1, 0.15) is 57.6 Å². The zero-order chi connectivity index (χ0) is 23.5. The number of likely N-dealkylation sites (tertiary alicyclic amines) is 1. The van der Waals surface area contributed by atoms with Gasteiger partial charge < -0.3 is 10.2 Å². The number of nitrogens with one attached hydrogen (secondary N) is 1. The molecule has 1 aliphatic heterocycles. The highest BCUT2D eigenvalue weighted by Crippen LogP contribution is 2.39. The maximum absolute atomic E-state index is 13.4. The van der Waals surface area contributed by atoms with Gasteiger partial charge in [0.05, 0.1) is 12.1 Å². The molecule has 1 N–H and O–H groups in total. The Bertz CT molecular complexity index is 1030. The lowest BCUT2D eigenvalue weighted by Gasteiger charge is -2.31. The number of fused-ring (bicyclic) bond motifs is 1. The van der Waals surface area contributed by atoms with E-state index in [1.165, 1.54) is 4.88 Å². The van der Waals surface area contributed by atoms with Crippen LogP contribution in [0.2, 0.25) is 0 Å². The van der Waals surface area contributed by atoms with E-state index >= 15 is 0 Å². The van der Waals surface area contributed by atoms with Crippen molar-refractivity contribution in [2.45, 2.75) is 45.4 Å². The average molecular weight is 468 g/mol. The number of ketones is 1. The lowest BCUT2D eigenvalue weighted by atomic mass is 9.91. The molecule has 0 bridgehead atoms. The summed E-state index contributed by atoms with van der Waals surface area (Å²) in [6.45, 7) is 3.75. The zero-order valence-corrected chi connectivity index (χ0v) is 20.6. The number of piperidine rings is 1. The first-order valence-electron chi connectivity index (χ1n) is 11.8. The van der Waals surface area contributed by atoms with Crippen LogP contribution in [-0.2, 0) is 22.4 Å². The molecule has 1 fully saturated rings. The fraction of sp³-hybridized carbons (Fsp3) is 0.500. The van der Waals surface area contributed by atoms with Crippen molar-refractivity contribution in [1.82, 2.24) is 9.80 Å². The van der Waals surface area contributed by atoms with E-state index in [4.69, 9.17) is 0 Å². The van der Waals surface area contributed by atoms with Gasteiger partial charge in [-0.15, -0.1) is 11.3 Å². The Balaban J connectivity index is 1.46. The molecule has 4 rings (SSSR count). The number of benzene rings is 1. The summed E-state index contributed by atoms with van der Waals surface area (Å²) in [5, 5.41) is 3.76. The first kappa shape index (κ1) is 23.6. The van der Waals surface area contributed by atoms with Crippen molar-refractivity contribution in [3.05, 3.63) is 51.4 Å². The molecule has 1 saturated heterocycles. The third-order valence-electron chi connectivity index (χ3n) is 6.71. The average Bonchev–Trinajstić information content (AvgIpc) is 3.16. The number of thiophene rings is 1. The van der Waals surface area contributed by atoms with Gasteiger partial charge in [-0.25, -0.2) is 0 Å². The summed E-state index contributed by atoms with van der Waals surface area (Å²) >= 11 is 1.56. The predicted octanol–water partition coefficient (Wildman–Crippen LogP) is 3.91. The van der Waals surface area contributed by atoms with Crippen molar-refractivity contribution >= 4 is 33.9 Å². The summed E-state index contributed by atoms with van der Waals surface area (Å²) < 4.78 is 0. The summed E-state index contributed by atoms with van der Waals surface area (Å²) in [6.07, 6.45) is 5.61. The molecule has 2 amide bonds. The van der Waals surface area contributed by atoms with Gasteiger partial charge in [-0.05, 0) is 64.1 Å². The number of aryl methyl sites for hydroxylation is 2. The minimum atomic E-state index is -0.0936. The molecule has 2 heterocycles. The minimum absolute atomic E-state index is 0.00675. The fourth-order valence-corrected chi connectivity index (χ4v) is 6.12. The van der Waals surface area contributed by atoms with Gasteiger partial charge in [0.2, 0.25) is 11.8 Å². The molecule has 1 aromatic carbocycles. The van der Waals surface area contributed by atoms with Crippen molar-refractivity contribution in [2.75, 3.05) is 39.0 Å². The van der Waals surface area contributed by atoms with Gasteiger partial charge in [0.25, 0.3) is 0 Å². The molecular formula is C26H33N3O3S. The second-order valence-corrected chi connectivity index (χ2v) is 10.5. The van der Waals surface area contributed by atoms with Crippen LogP contribution in [0.3, 0.4) is 0 Å². The number of amides is 2. The largest absolute Gasteiger partial charge is 0.349 e. The molecule has 33 heavy (non-hydrogen) atoms. The molecule has 1 aliphatic carbocycles. The normalized spacial score (nSPS) is 16.8. The minimum Gasteiger partial charge on any atom is -0.349 e. The molecule has 0 atom stereocenters. The standard InChI is InChI=1S/C26H33N3O3S/c1-17-8-10-18(11-9-17)24(31)23-20-6-4-5-7-21(20)33-25(23)27-22(30)16-29-14-12-19(13-15-29)26(32)28(2)3/h8-11,19H,4-7,12-16H2,1-3H3,(H,27,30). The monoisotopic (exact) mass is 467 g/mol. The molecule has 2 aliphatic rings.